The first-order valence-corrected chi connectivity index (χ1v) is 9.64. The number of amides is 1. The molecule has 8 nitrogen and oxygen atoms in total. The summed E-state index contributed by atoms with van der Waals surface area (Å²) < 4.78 is 13.1. The van der Waals surface area contributed by atoms with Crippen LogP contribution in [0.4, 0.5) is 5.13 Å². The van der Waals surface area contributed by atoms with Crippen molar-refractivity contribution >= 4 is 32.6 Å². The molecule has 0 radical (unpaired) electrons. The maximum absolute atomic E-state index is 13.4. The summed E-state index contributed by atoms with van der Waals surface area (Å²) in [5, 5.41) is 4.76. The highest BCUT2D eigenvalue weighted by Crippen LogP contribution is 2.33. The Morgan fingerprint density at radius 1 is 1.21 bits per heavy atom. The van der Waals surface area contributed by atoms with Crippen molar-refractivity contribution in [2.45, 2.75) is 6.54 Å². The van der Waals surface area contributed by atoms with E-state index < -0.39 is 0 Å². The average molecular weight is 409 g/mol. The van der Waals surface area contributed by atoms with Crippen LogP contribution in [0.25, 0.3) is 10.2 Å². The summed E-state index contributed by atoms with van der Waals surface area (Å²) in [4.78, 5) is 24.1. The van der Waals surface area contributed by atoms with Crippen LogP contribution in [-0.4, -0.2) is 39.9 Å². The number of pyridine rings is 1. The lowest BCUT2D eigenvalue weighted by Crippen LogP contribution is -2.30. The van der Waals surface area contributed by atoms with Crippen molar-refractivity contribution < 1.29 is 14.3 Å². The van der Waals surface area contributed by atoms with E-state index in [9.17, 15) is 4.79 Å². The lowest BCUT2D eigenvalue weighted by atomic mass is 10.2. The summed E-state index contributed by atoms with van der Waals surface area (Å²) in [7, 11) is 4.85. The van der Waals surface area contributed by atoms with Gasteiger partial charge < -0.3 is 9.47 Å². The summed E-state index contributed by atoms with van der Waals surface area (Å²) >= 11 is 1.43. The van der Waals surface area contributed by atoms with Crippen molar-refractivity contribution in [3.05, 3.63) is 60.0 Å². The first kappa shape index (κ1) is 18.9. The zero-order valence-electron chi connectivity index (χ0n) is 16.2. The molecule has 0 bridgehead atoms. The van der Waals surface area contributed by atoms with Gasteiger partial charge in [0.25, 0.3) is 5.91 Å². The van der Waals surface area contributed by atoms with Crippen LogP contribution in [0.3, 0.4) is 0 Å². The predicted molar refractivity (Wildman–Crippen MR) is 111 cm³/mol. The number of anilines is 1. The number of aryl methyl sites for hydroxylation is 1. The Kier molecular flexibility index (Phi) is 5.13. The third-order valence-electron chi connectivity index (χ3n) is 4.32. The van der Waals surface area contributed by atoms with Gasteiger partial charge in [-0.1, -0.05) is 17.4 Å². The van der Waals surface area contributed by atoms with Crippen LogP contribution in [0.1, 0.15) is 16.1 Å². The van der Waals surface area contributed by atoms with Gasteiger partial charge in [0.05, 0.1) is 36.7 Å². The first-order valence-electron chi connectivity index (χ1n) is 8.83. The molecule has 0 N–H and O–H groups in total. The fourth-order valence-electron chi connectivity index (χ4n) is 2.93. The van der Waals surface area contributed by atoms with Gasteiger partial charge >= 0.3 is 0 Å². The molecule has 29 heavy (non-hydrogen) atoms. The van der Waals surface area contributed by atoms with Crippen LogP contribution in [-0.2, 0) is 13.6 Å². The highest BCUT2D eigenvalue weighted by atomic mass is 32.1. The zero-order chi connectivity index (χ0) is 20.4. The van der Waals surface area contributed by atoms with Crippen molar-refractivity contribution in [3.8, 4) is 11.6 Å². The molecule has 3 aromatic heterocycles. The predicted octanol–water partition coefficient (Wildman–Crippen LogP) is 3.29. The number of carbonyl (C=O) groups excluding carboxylic acids is 1. The summed E-state index contributed by atoms with van der Waals surface area (Å²) in [5.74, 6) is 0.726. The Morgan fingerprint density at radius 3 is 2.79 bits per heavy atom. The molecule has 1 amide bonds. The second kappa shape index (κ2) is 7.88. The molecular weight excluding hydrogens is 390 g/mol. The Labute approximate surface area is 171 Å². The van der Waals surface area contributed by atoms with E-state index >= 15 is 0 Å². The molecule has 0 aliphatic rings. The number of hydrogen-bond donors (Lipinski definition) is 0. The van der Waals surface area contributed by atoms with Crippen LogP contribution in [0, 0.1) is 0 Å². The molecule has 3 heterocycles. The van der Waals surface area contributed by atoms with Crippen molar-refractivity contribution in [1.29, 1.82) is 0 Å². The second-order valence-electron chi connectivity index (χ2n) is 6.27. The van der Waals surface area contributed by atoms with Crippen LogP contribution in [0.2, 0.25) is 0 Å². The van der Waals surface area contributed by atoms with Gasteiger partial charge in [0.2, 0.25) is 5.88 Å². The first-order chi connectivity index (χ1) is 14.1. The highest BCUT2D eigenvalue weighted by molar-refractivity contribution is 7.22. The number of carbonyl (C=O) groups is 1. The normalized spacial score (nSPS) is 10.9. The number of thiazole rings is 1. The number of fused-ring (bicyclic) bond motifs is 1. The number of methoxy groups -OCH3 is 2. The Hall–Kier alpha value is -3.46. The second-order valence-corrected chi connectivity index (χ2v) is 7.28. The average Bonchev–Trinajstić information content (AvgIpc) is 3.34. The number of benzene rings is 1. The van der Waals surface area contributed by atoms with E-state index in [1.54, 1.807) is 36.1 Å². The standard InChI is InChI=1S/C20H19N5O3S/c1-24-12-15(18(23-24)28-3)19(26)25(11-13-6-4-5-9-21-13)20-22-16-10-14(27-2)7-8-17(16)29-20/h4-10,12H,11H2,1-3H3. The monoisotopic (exact) mass is 409 g/mol. The lowest BCUT2D eigenvalue weighted by molar-refractivity contribution is 0.0982. The molecule has 4 rings (SSSR count). The molecule has 0 unspecified atom stereocenters. The minimum absolute atomic E-state index is 0.258. The van der Waals surface area contributed by atoms with Gasteiger partial charge in [-0.3, -0.25) is 19.4 Å². The molecule has 4 aromatic rings. The fraction of sp³-hybridized carbons (Fsp3) is 0.200. The summed E-state index contributed by atoms with van der Waals surface area (Å²) in [6.07, 6.45) is 3.34. The molecule has 9 heteroatoms. The molecule has 0 aliphatic carbocycles. The number of nitrogens with zero attached hydrogens (tertiary/aromatic N) is 5. The van der Waals surface area contributed by atoms with Gasteiger partial charge in [-0.15, -0.1) is 5.10 Å². The van der Waals surface area contributed by atoms with E-state index in [0.717, 1.165) is 15.9 Å². The van der Waals surface area contributed by atoms with Crippen molar-refractivity contribution in [2.24, 2.45) is 7.05 Å². The minimum atomic E-state index is -0.258. The van der Waals surface area contributed by atoms with Crippen molar-refractivity contribution in [3.63, 3.8) is 0 Å². The van der Waals surface area contributed by atoms with E-state index in [0.29, 0.717) is 16.4 Å². The van der Waals surface area contributed by atoms with Gasteiger partial charge in [-0.2, -0.15) is 0 Å². The van der Waals surface area contributed by atoms with E-state index in [2.05, 4.69) is 15.1 Å². The number of hydrogen-bond acceptors (Lipinski definition) is 7. The van der Waals surface area contributed by atoms with Crippen LogP contribution in [0.15, 0.2) is 48.8 Å². The Bertz CT molecular complexity index is 1160. The summed E-state index contributed by atoms with van der Waals surface area (Å²) in [5.41, 5.74) is 1.88. The molecule has 148 valence electrons. The Morgan fingerprint density at radius 2 is 2.07 bits per heavy atom. The number of ether oxygens (including phenoxy) is 2. The Balaban J connectivity index is 1.78. The van der Waals surface area contributed by atoms with E-state index in [1.165, 1.54) is 18.4 Å². The third kappa shape index (κ3) is 3.77. The molecule has 0 saturated carbocycles. The van der Waals surface area contributed by atoms with Crippen LogP contribution < -0.4 is 14.4 Å². The highest BCUT2D eigenvalue weighted by Gasteiger charge is 2.27. The maximum atomic E-state index is 13.4. The molecule has 1 aromatic carbocycles. The maximum Gasteiger partial charge on any atom is 0.267 e. The third-order valence-corrected chi connectivity index (χ3v) is 5.38. The number of aromatic nitrogens is 4. The van der Waals surface area contributed by atoms with Gasteiger partial charge in [-0.05, 0) is 24.3 Å². The molecule has 0 saturated heterocycles. The van der Waals surface area contributed by atoms with Crippen LogP contribution >= 0.6 is 11.3 Å². The van der Waals surface area contributed by atoms with Crippen LogP contribution in [0.5, 0.6) is 11.6 Å². The van der Waals surface area contributed by atoms with Crippen molar-refractivity contribution in [2.75, 3.05) is 19.1 Å². The van der Waals surface area contributed by atoms with E-state index in [4.69, 9.17) is 9.47 Å². The quantitative estimate of drug-likeness (QED) is 0.486. The fourth-order valence-corrected chi connectivity index (χ4v) is 3.87. The SMILES string of the molecule is COc1ccc2sc(N(Cc3ccccn3)C(=O)c3cn(C)nc3OC)nc2c1. The molecule has 0 spiro atoms. The van der Waals surface area contributed by atoms with Gasteiger partial charge in [-0.25, -0.2) is 4.98 Å². The van der Waals surface area contributed by atoms with E-state index in [1.807, 2.05) is 36.4 Å². The lowest BCUT2D eigenvalue weighted by Gasteiger charge is -2.19. The molecule has 0 fully saturated rings. The largest absolute Gasteiger partial charge is 0.497 e. The molecule has 0 atom stereocenters. The smallest absolute Gasteiger partial charge is 0.267 e. The van der Waals surface area contributed by atoms with Gasteiger partial charge in [0.1, 0.15) is 11.3 Å². The van der Waals surface area contributed by atoms with Gasteiger partial charge in [0.15, 0.2) is 5.13 Å². The minimum Gasteiger partial charge on any atom is -0.497 e. The number of rotatable bonds is 6. The molecule has 0 aliphatic heterocycles. The molecular formula is C20H19N5O3S. The van der Waals surface area contributed by atoms with Crippen molar-refractivity contribution in [1.82, 2.24) is 19.7 Å². The summed E-state index contributed by atoms with van der Waals surface area (Å²) in [6.45, 7) is 0.272. The zero-order valence-corrected chi connectivity index (χ0v) is 17.0. The van der Waals surface area contributed by atoms with Gasteiger partial charge in [0, 0.05) is 25.5 Å². The topological polar surface area (TPSA) is 82.4 Å². The van der Waals surface area contributed by atoms with E-state index in [-0.39, 0.29) is 18.3 Å². The summed E-state index contributed by atoms with van der Waals surface area (Å²) in [6, 6.07) is 11.3.